The summed E-state index contributed by atoms with van der Waals surface area (Å²) in [6.07, 6.45) is 7.22. The highest BCUT2D eigenvalue weighted by molar-refractivity contribution is 14.0. The molecular weight excluding hydrogens is 467 g/mol. The van der Waals surface area contributed by atoms with E-state index < -0.39 is 0 Å². The normalized spacial score (nSPS) is 14.6. The molecule has 3 aromatic rings. The lowest BCUT2D eigenvalue weighted by molar-refractivity contribution is 0.378. The van der Waals surface area contributed by atoms with Gasteiger partial charge in [-0.1, -0.05) is 12.1 Å². The Morgan fingerprint density at radius 2 is 1.68 bits per heavy atom. The lowest BCUT2D eigenvalue weighted by Crippen LogP contribution is -2.51. The maximum atomic E-state index is 6.20. The predicted octanol–water partition coefficient (Wildman–Crippen LogP) is 1.92. The first-order valence-corrected chi connectivity index (χ1v) is 8.95. The number of aliphatic imine (C=N–C) groups is 1. The van der Waals surface area contributed by atoms with Crippen LogP contribution in [0.15, 0.2) is 66.2 Å². The molecule has 0 amide bonds. The first-order chi connectivity index (χ1) is 13.3. The molecule has 0 radical (unpaired) electrons. The van der Waals surface area contributed by atoms with E-state index in [0.29, 0.717) is 12.5 Å². The Morgan fingerprint density at radius 3 is 2.32 bits per heavy atom. The Balaban J connectivity index is 0.00000225. The first-order valence-electron chi connectivity index (χ1n) is 8.95. The number of rotatable bonds is 4. The van der Waals surface area contributed by atoms with Crippen molar-refractivity contribution < 1.29 is 0 Å². The van der Waals surface area contributed by atoms with Crippen LogP contribution in [0.3, 0.4) is 0 Å². The number of piperazine rings is 1. The van der Waals surface area contributed by atoms with Gasteiger partial charge in [-0.25, -0.2) is 19.6 Å². The molecule has 0 aliphatic carbocycles. The first kappa shape index (κ1) is 20.1. The van der Waals surface area contributed by atoms with Crippen molar-refractivity contribution in [1.82, 2.24) is 24.6 Å². The Hall–Kier alpha value is -2.69. The molecule has 1 saturated heterocycles. The summed E-state index contributed by atoms with van der Waals surface area (Å²) in [6.45, 7) is 3.85. The van der Waals surface area contributed by atoms with Crippen LogP contribution in [0.4, 0.5) is 5.95 Å². The van der Waals surface area contributed by atoms with Gasteiger partial charge >= 0.3 is 0 Å². The summed E-state index contributed by atoms with van der Waals surface area (Å²) in [5, 5.41) is 4.23. The van der Waals surface area contributed by atoms with Crippen LogP contribution in [0.1, 0.15) is 5.56 Å². The van der Waals surface area contributed by atoms with Crippen LogP contribution in [0.2, 0.25) is 0 Å². The molecule has 8 nitrogen and oxygen atoms in total. The third kappa shape index (κ3) is 4.77. The molecule has 4 rings (SSSR count). The van der Waals surface area contributed by atoms with Crippen molar-refractivity contribution in [2.24, 2.45) is 10.7 Å². The fraction of sp³-hybridized carbons (Fsp3) is 0.263. The van der Waals surface area contributed by atoms with Gasteiger partial charge in [0.2, 0.25) is 5.95 Å². The summed E-state index contributed by atoms with van der Waals surface area (Å²) < 4.78 is 1.83. The van der Waals surface area contributed by atoms with Crippen molar-refractivity contribution in [3.63, 3.8) is 0 Å². The number of aromatic nitrogens is 4. The smallest absolute Gasteiger partial charge is 0.225 e. The van der Waals surface area contributed by atoms with E-state index in [4.69, 9.17) is 5.73 Å². The Kier molecular flexibility index (Phi) is 6.80. The zero-order valence-electron chi connectivity index (χ0n) is 15.4. The van der Waals surface area contributed by atoms with Gasteiger partial charge in [-0.05, 0) is 29.8 Å². The molecule has 3 heterocycles. The van der Waals surface area contributed by atoms with Gasteiger partial charge in [0.1, 0.15) is 0 Å². The maximum absolute atomic E-state index is 6.20. The number of hydrogen-bond acceptors (Lipinski definition) is 5. The minimum Gasteiger partial charge on any atom is -0.370 e. The third-order valence-corrected chi connectivity index (χ3v) is 4.57. The number of nitrogens with two attached hydrogens (primary N) is 1. The van der Waals surface area contributed by atoms with E-state index in [2.05, 4.69) is 42.0 Å². The summed E-state index contributed by atoms with van der Waals surface area (Å²) in [7, 11) is 0. The van der Waals surface area contributed by atoms with Crippen LogP contribution in [0.5, 0.6) is 0 Å². The van der Waals surface area contributed by atoms with Crippen LogP contribution >= 0.6 is 24.0 Å². The molecular formula is C19H23IN8. The lowest BCUT2D eigenvalue weighted by atomic mass is 10.2. The fourth-order valence-corrected chi connectivity index (χ4v) is 3.04. The lowest BCUT2D eigenvalue weighted by Gasteiger charge is -2.35. The van der Waals surface area contributed by atoms with Crippen LogP contribution < -0.4 is 10.6 Å². The van der Waals surface area contributed by atoms with Crippen LogP contribution in [-0.4, -0.2) is 56.8 Å². The maximum Gasteiger partial charge on any atom is 0.225 e. The number of hydrogen-bond donors (Lipinski definition) is 1. The van der Waals surface area contributed by atoms with Crippen molar-refractivity contribution in [3.8, 4) is 5.69 Å². The van der Waals surface area contributed by atoms with Gasteiger partial charge in [-0.15, -0.1) is 24.0 Å². The second-order valence-corrected chi connectivity index (χ2v) is 6.31. The number of benzene rings is 1. The third-order valence-electron chi connectivity index (χ3n) is 4.57. The second kappa shape index (κ2) is 9.49. The highest BCUT2D eigenvalue weighted by atomic mass is 127. The number of halogens is 1. The molecule has 1 aromatic carbocycles. The molecule has 1 fully saturated rings. The molecule has 146 valence electrons. The molecule has 0 spiro atoms. The van der Waals surface area contributed by atoms with E-state index in [9.17, 15) is 0 Å². The summed E-state index contributed by atoms with van der Waals surface area (Å²) in [5.74, 6) is 1.35. The SMILES string of the molecule is I.NC(=NCc1ccc(-n2cccn2)cc1)N1CCN(c2ncccn2)CC1. The standard InChI is InChI=1S/C19H22N8.HI/c20-18(25-11-13-26(14-12-25)19-21-7-1-8-22-19)23-15-16-3-5-17(6-4-16)27-10-2-9-24-27;/h1-10H,11-15H2,(H2,20,23);1H. The van der Waals surface area contributed by atoms with Crippen LogP contribution in [0.25, 0.3) is 5.69 Å². The molecule has 0 unspecified atom stereocenters. The fourth-order valence-electron chi connectivity index (χ4n) is 3.04. The summed E-state index contributed by atoms with van der Waals surface area (Å²) in [5.41, 5.74) is 8.34. The largest absolute Gasteiger partial charge is 0.370 e. The van der Waals surface area contributed by atoms with Crippen molar-refractivity contribution >= 4 is 35.9 Å². The highest BCUT2D eigenvalue weighted by Gasteiger charge is 2.19. The molecule has 0 bridgehead atoms. The van der Waals surface area contributed by atoms with E-state index >= 15 is 0 Å². The quantitative estimate of drug-likeness (QED) is 0.342. The molecule has 9 heteroatoms. The Labute approximate surface area is 181 Å². The summed E-state index contributed by atoms with van der Waals surface area (Å²) in [4.78, 5) is 17.4. The molecule has 1 aliphatic rings. The van der Waals surface area contributed by atoms with Crippen LogP contribution in [0, 0.1) is 0 Å². The number of nitrogens with zero attached hydrogens (tertiary/aromatic N) is 7. The van der Waals surface area contributed by atoms with Gasteiger partial charge in [0.15, 0.2) is 5.96 Å². The van der Waals surface area contributed by atoms with E-state index in [1.54, 1.807) is 18.6 Å². The van der Waals surface area contributed by atoms with Gasteiger partial charge < -0.3 is 15.5 Å². The van der Waals surface area contributed by atoms with E-state index in [0.717, 1.165) is 43.4 Å². The number of guanidine groups is 1. The zero-order chi connectivity index (χ0) is 18.5. The van der Waals surface area contributed by atoms with Crippen LogP contribution in [-0.2, 0) is 6.54 Å². The Bertz CT molecular complexity index is 872. The summed E-state index contributed by atoms with van der Waals surface area (Å²) in [6, 6.07) is 11.9. The molecule has 2 aromatic heterocycles. The van der Waals surface area contributed by atoms with Gasteiger partial charge in [-0.2, -0.15) is 5.10 Å². The number of anilines is 1. The molecule has 1 aliphatic heterocycles. The van der Waals surface area contributed by atoms with Crippen molar-refractivity contribution in [2.75, 3.05) is 31.1 Å². The second-order valence-electron chi connectivity index (χ2n) is 6.31. The average Bonchev–Trinajstić information content (AvgIpc) is 3.28. The molecule has 0 saturated carbocycles. The minimum atomic E-state index is 0. The average molecular weight is 490 g/mol. The molecule has 2 N–H and O–H groups in total. The monoisotopic (exact) mass is 490 g/mol. The molecule has 0 atom stereocenters. The van der Waals surface area contributed by atoms with E-state index in [1.165, 1.54) is 0 Å². The van der Waals surface area contributed by atoms with E-state index in [1.807, 2.05) is 35.1 Å². The van der Waals surface area contributed by atoms with Gasteiger partial charge in [0, 0.05) is 51.0 Å². The van der Waals surface area contributed by atoms with Crippen molar-refractivity contribution in [3.05, 3.63) is 66.7 Å². The summed E-state index contributed by atoms with van der Waals surface area (Å²) >= 11 is 0. The van der Waals surface area contributed by atoms with Crippen molar-refractivity contribution in [1.29, 1.82) is 0 Å². The van der Waals surface area contributed by atoms with Gasteiger partial charge in [-0.3, -0.25) is 0 Å². The van der Waals surface area contributed by atoms with Gasteiger partial charge in [0.25, 0.3) is 0 Å². The highest BCUT2D eigenvalue weighted by Crippen LogP contribution is 2.11. The van der Waals surface area contributed by atoms with Gasteiger partial charge in [0.05, 0.1) is 12.2 Å². The minimum absolute atomic E-state index is 0. The predicted molar refractivity (Wildman–Crippen MR) is 120 cm³/mol. The topological polar surface area (TPSA) is 88.5 Å². The van der Waals surface area contributed by atoms with Crippen molar-refractivity contribution in [2.45, 2.75) is 6.54 Å². The zero-order valence-corrected chi connectivity index (χ0v) is 17.8. The Morgan fingerprint density at radius 1 is 0.964 bits per heavy atom. The molecule has 28 heavy (non-hydrogen) atoms. The van der Waals surface area contributed by atoms with E-state index in [-0.39, 0.29) is 24.0 Å².